The van der Waals surface area contributed by atoms with Crippen molar-refractivity contribution in [1.82, 2.24) is 5.32 Å². The number of Topliss-reactive ketones (excluding diaryl/α,β-unsaturated/α-hetero) is 1. The highest BCUT2D eigenvalue weighted by atomic mass is 35.5. The molecule has 0 aliphatic carbocycles. The number of ketones is 1. The van der Waals surface area contributed by atoms with Gasteiger partial charge < -0.3 is 11.1 Å². The van der Waals surface area contributed by atoms with Crippen LogP contribution in [0.2, 0.25) is 0 Å². The molecule has 0 aliphatic rings. The molecule has 17 heavy (non-hydrogen) atoms. The van der Waals surface area contributed by atoms with Gasteiger partial charge in [0.2, 0.25) is 0 Å². The topological polar surface area (TPSA) is 72.2 Å². The quantitative estimate of drug-likeness (QED) is 0.618. The molecule has 0 heterocycles. The number of rotatable bonds is 5. The Morgan fingerprint density at radius 2 is 1.71 bits per heavy atom. The van der Waals surface area contributed by atoms with Crippen molar-refractivity contribution in [3.63, 3.8) is 0 Å². The van der Waals surface area contributed by atoms with Crippen molar-refractivity contribution in [1.29, 1.82) is 0 Å². The maximum atomic E-state index is 11.6. The van der Waals surface area contributed by atoms with E-state index in [-0.39, 0.29) is 24.1 Å². The second kappa shape index (κ2) is 7.81. The smallest absolute Gasteiger partial charge is 0.251 e. The van der Waals surface area contributed by atoms with Gasteiger partial charge in [-0.1, -0.05) is 12.1 Å². The maximum absolute atomic E-state index is 11.6. The molecule has 0 atom stereocenters. The molecular weight excluding hydrogens is 240 g/mol. The standard InChI is InChI=1S/C12H16N2O2.ClH/c1-9(15)10-3-5-11(6-4-10)12(16)14-8-2-7-13;/h3-6H,2,7-8,13H2,1H3,(H,14,16);1H. The molecule has 0 saturated carbocycles. The van der Waals surface area contributed by atoms with Crippen LogP contribution in [-0.4, -0.2) is 24.8 Å². The molecule has 0 saturated heterocycles. The van der Waals surface area contributed by atoms with E-state index in [9.17, 15) is 9.59 Å². The summed E-state index contributed by atoms with van der Waals surface area (Å²) in [6, 6.07) is 6.60. The third-order valence-electron chi connectivity index (χ3n) is 2.22. The van der Waals surface area contributed by atoms with E-state index in [0.717, 1.165) is 6.42 Å². The number of hydrogen-bond donors (Lipinski definition) is 2. The van der Waals surface area contributed by atoms with Crippen molar-refractivity contribution < 1.29 is 9.59 Å². The van der Waals surface area contributed by atoms with Crippen molar-refractivity contribution in [2.75, 3.05) is 13.1 Å². The Kier molecular flexibility index (Phi) is 7.18. The molecule has 94 valence electrons. The molecule has 0 radical (unpaired) electrons. The second-order valence-electron chi connectivity index (χ2n) is 3.53. The summed E-state index contributed by atoms with van der Waals surface area (Å²) in [4.78, 5) is 22.6. The van der Waals surface area contributed by atoms with Gasteiger partial charge in [0, 0.05) is 17.7 Å². The Labute approximate surface area is 107 Å². The van der Waals surface area contributed by atoms with Crippen LogP contribution < -0.4 is 11.1 Å². The van der Waals surface area contributed by atoms with Gasteiger partial charge in [-0.05, 0) is 32.0 Å². The SMILES string of the molecule is CC(=O)c1ccc(C(=O)NCCCN)cc1.Cl. The summed E-state index contributed by atoms with van der Waals surface area (Å²) in [6.07, 6.45) is 0.761. The highest BCUT2D eigenvalue weighted by molar-refractivity contribution is 5.97. The lowest BCUT2D eigenvalue weighted by Crippen LogP contribution is -2.25. The van der Waals surface area contributed by atoms with Crippen molar-refractivity contribution in [3.8, 4) is 0 Å². The number of carbonyl (C=O) groups excluding carboxylic acids is 2. The fourth-order valence-electron chi connectivity index (χ4n) is 1.26. The minimum Gasteiger partial charge on any atom is -0.352 e. The van der Waals surface area contributed by atoms with Gasteiger partial charge in [-0.25, -0.2) is 0 Å². The normalized spacial score (nSPS) is 9.29. The van der Waals surface area contributed by atoms with E-state index in [1.165, 1.54) is 6.92 Å². The monoisotopic (exact) mass is 256 g/mol. The molecule has 0 aliphatic heterocycles. The third kappa shape index (κ3) is 4.97. The van der Waals surface area contributed by atoms with Crippen LogP contribution in [0.3, 0.4) is 0 Å². The van der Waals surface area contributed by atoms with Crippen LogP contribution >= 0.6 is 12.4 Å². The predicted molar refractivity (Wildman–Crippen MR) is 69.7 cm³/mol. The lowest BCUT2D eigenvalue weighted by molar-refractivity contribution is 0.0951. The first kappa shape index (κ1) is 15.6. The molecule has 0 bridgehead atoms. The molecule has 0 aromatic heterocycles. The van der Waals surface area contributed by atoms with Gasteiger partial charge in [-0.3, -0.25) is 9.59 Å². The Balaban J connectivity index is 0.00000256. The van der Waals surface area contributed by atoms with Gasteiger partial charge in [-0.2, -0.15) is 0 Å². The first-order valence-electron chi connectivity index (χ1n) is 5.24. The van der Waals surface area contributed by atoms with Gasteiger partial charge in [0.05, 0.1) is 0 Å². The lowest BCUT2D eigenvalue weighted by Gasteiger charge is -2.04. The largest absolute Gasteiger partial charge is 0.352 e. The van der Waals surface area contributed by atoms with E-state index in [0.29, 0.717) is 24.2 Å². The first-order valence-corrected chi connectivity index (χ1v) is 5.24. The van der Waals surface area contributed by atoms with E-state index in [4.69, 9.17) is 5.73 Å². The summed E-state index contributed by atoms with van der Waals surface area (Å²) in [6.45, 7) is 2.63. The molecule has 3 N–H and O–H groups in total. The van der Waals surface area contributed by atoms with Gasteiger partial charge in [0.15, 0.2) is 5.78 Å². The highest BCUT2D eigenvalue weighted by Gasteiger charge is 2.05. The molecule has 1 aromatic carbocycles. The fourth-order valence-corrected chi connectivity index (χ4v) is 1.26. The molecule has 0 spiro atoms. The number of halogens is 1. The van der Waals surface area contributed by atoms with Crippen molar-refractivity contribution >= 4 is 24.1 Å². The Morgan fingerprint density at radius 3 is 2.18 bits per heavy atom. The van der Waals surface area contributed by atoms with Crippen LogP contribution in [-0.2, 0) is 0 Å². The van der Waals surface area contributed by atoms with E-state index in [1.807, 2.05) is 0 Å². The van der Waals surface area contributed by atoms with E-state index in [1.54, 1.807) is 24.3 Å². The number of hydrogen-bond acceptors (Lipinski definition) is 3. The summed E-state index contributed by atoms with van der Waals surface area (Å²) in [7, 11) is 0. The van der Waals surface area contributed by atoms with Gasteiger partial charge in [0.25, 0.3) is 5.91 Å². The van der Waals surface area contributed by atoms with E-state index < -0.39 is 0 Å². The van der Waals surface area contributed by atoms with E-state index >= 15 is 0 Å². The molecular formula is C12H17ClN2O2. The summed E-state index contributed by atoms with van der Waals surface area (Å²) in [5, 5.41) is 2.74. The minimum atomic E-state index is -0.136. The minimum absolute atomic E-state index is 0. The van der Waals surface area contributed by atoms with Crippen LogP contribution in [0.1, 0.15) is 34.1 Å². The zero-order valence-electron chi connectivity index (χ0n) is 9.73. The average molecular weight is 257 g/mol. The van der Waals surface area contributed by atoms with Gasteiger partial charge in [0.1, 0.15) is 0 Å². The molecule has 1 aromatic rings. The average Bonchev–Trinajstić information content (AvgIpc) is 2.29. The zero-order chi connectivity index (χ0) is 12.0. The van der Waals surface area contributed by atoms with Gasteiger partial charge in [-0.15, -0.1) is 12.4 Å². The number of nitrogens with one attached hydrogen (secondary N) is 1. The number of nitrogens with two attached hydrogens (primary N) is 1. The molecule has 0 fully saturated rings. The molecule has 1 amide bonds. The third-order valence-corrected chi connectivity index (χ3v) is 2.22. The number of benzene rings is 1. The van der Waals surface area contributed by atoms with Crippen molar-refractivity contribution in [2.45, 2.75) is 13.3 Å². The molecule has 5 heteroatoms. The van der Waals surface area contributed by atoms with Crippen molar-refractivity contribution in [2.24, 2.45) is 5.73 Å². The Bertz CT molecular complexity index is 377. The summed E-state index contributed by atoms with van der Waals surface area (Å²) in [5.74, 6) is -0.140. The second-order valence-corrected chi connectivity index (χ2v) is 3.53. The van der Waals surface area contributed by atoms with Crippen molar-refractivity contribution in [3.05, 3.63) is 35.4 Å². The number of amides is 1. The lowest BCUT2D eigenvalue weighted by atomic mass is 10.1. The Hall–Kier alpha value is -1.39. The Morgan fingerprint density at radius 1 is 1.18 bits per heavy atom. The van der Waals surface area contributed by atoms with Crippen LogP contribution in [0.15, 0.2) is 24.3 Å². The van der Waals surface area contributed by atoms with Crippen LogP contribution in [0.5, 0.6) is 0 Å². The summed E-state index contributed by atoms with van der Waals surface area (Å²) >= 11 is 0. The molecule has 4 nitrogen and oxygen atoms in total. The van der Waals surface area contributed by atoms with E-state index in [2.05, 4.69) is 5.32 Å². The molecule has 0 unspecified atom stereocenters. The maximum Gasteiger partial charge on any atom is 0.251 e. The van der Waals surface area contributed by atoms with Crippen LogP contribution in [0.4, 0.5) is 0 Å². The number of carbonyl (C=O) groups is 2. The van der Waals surface area contributed by atoms with Crippen LogP contribution in [0, 0.1) is 0 Å². The summed E-state index contributed by atoms with van der Waals surface area (Å²) in [5.41, 5.74) is 6.48. The fraction of sp³-hybridized carbons (Fsp3) is 0.333. The highest BCUT2D eigenvalue weighted by Crippen LogP contribution is 2.04. The van der Waals surface area contributed by atoms with Crippen LogP contribution in [0.25, 0.3) is 0 Å². The first-order chi connectivity index (χ1) is 7.65. The zero-order valence-corrected chi connectivity index (χ0v) is 10.5. The summed E-state index contributed by atoms with van der Waals surface area (Å²) < 4.78 is 0. The molecule has 1 rings (SSSR count). The predicted octanol–water partition coefficient (Wildman–Crippen LogP) is 1.39. The van der Waals surface area contributed by atoms with Gasteiger partial charge >= 0.3 is 0 Å².